The quantitative estimate of drug-likeness (QED) is 0.799. The number of aryl methyl sites for hydroxylation is 3. The number of piperidine rings is 1. The van der Waals surface area contributed by atoms with Crippen molar-refractivity contribution in [2.75, 3.05) is 25.0 Å². The van der Waals surface area contributed by atoms with Gasteiger partial charge in [-0.25, -0.2) is 0 Å². The van der Waals surface area contributed by atoms with E-state index in [4.69, 9.17) is 0 Å². The molecular formula is C24H29N3O3. The molecule has 3 rings (SSSR count). The zero-order chi connectivity index (χ0) is 21.7. The van der Waals surface area contributed by atoms with Crippen molar-refractivity contribution in [1.82, 2.24) is 10.2 Å². The molecule has 0 radical (unpaired) electrons. The number of nitrogens with one attached hydrogen (secondary N) is 2. The van der Waals surface area contributed by atoms with Crippen LogP contribution in [0.1, 0.15) is 39.9 Å². The van der Waals surface area contributed by atoms with Gasteiger partial charge in [-0.1, -0.05) is 35.9 Å². The Hall–Kier alpha value is -3.15. The molecule has 0 aliphatic carbocycles. The maximum atomic E-state index is 12.7. The lowest BCUT2D eigenvalue weighted by Crippen LogP contribution is -2.46. The van der Waals surface area contributed by atoms with Crippen LogP contribution in [0.5, 0.6) is 0 Å². The monoisotopic (exact) mass is 407 g/mol. The maximum Gasteiger partial charge on any atom is 0.253 e. The Balaban J connectivity index is 1.53. The van der Waals surface area contributed by atoms with E-state index in [-0.39, 0.29) is 30.2 Å². The van der Waals surface area contributed by atoms with Gasteiger partial charge in [0.1, 0.15) is 0 Å². The number of likely N-dealkylation sites (tertiary alicyclic amines) is 1. The minimum atomic E-state index is -0.304. The first-order chi connectivity index (χ1) is 14.3. The fourth-order valence-corrected chi connectivity index (χ4v) is 3.76. The second-order valence-corrected chi connectivity index (χ2v) is 7.99. The number of benzene rings is 2. The van der Waals surface area contributed by atoms with E-state index in [1.54, 1.807) is 4.90 Å². The summed E-state index contributed by atoms with van der Waals surface area (Å²) in [5.74, 6) is -0.807. The van der Waals surface area contributed by atoms with Gasteiger partial charge in [-0.2, -0.15) is 0 Å². The van der Waals surface area contributed by atoms with Gasteiger partial charge in [-0.3, -0.25) is 14.4 Å². The van der Waals surface area contributed by atoms with Crippen molar-refractivity contribution < 1.29 is 14.4 Å². The van der Waals surface area contributed by atoms with Crippen LogP contribution in [0.15, 0.2) is 42.5 Å². The number of para-hydroxylation sites is 1. The number of amides is 3. The molecular weight excluding hydrogens is 378 g/mol. The summed E-state index contributed by atoms with van der Waals surface area (Å²) in [5.41, 5.74) is 4.47. The number of hydrogen-bond donors (Lipinski definition) is 2. The minimum absolute atomic E-state index is 0.0553. The lowest BCUT2D eigenvalue weighted by Gasteiger charge is -2.32. The highest BCUT2D eigenvalue weighted by molar-refractivity contribution is 5.97. The SMILES string of the molecule is Cc1ccc(C(=O)N2CCCC(C(=O)NCC(=O)Nc3c(C)cccc3C)C2)cc1. The van der Waals surface area contributed by atoms with Gasteiger partial charge in [0.25, 0.3) is 5.91 Å². The summed E-state index contributed by atoms with van der Waals surface area (Å²) in [6.45, 7) is 6.77. The summed E-state index contributed by atoms with van der Waals surface area (Å²) in [6, 6.07) is 13.3. The first-order valence-electron chi connectivity index (χ1n) is 10.3. The predicted octanol–water partition coefficient (Wildman–Crippen LogP) is 3.22. The number of hydrogen-bond acceptors (Lipinski definition) is 3. The summed E-state index contributed by atoms with van der Waals surface area (Å²) in [6.07, 6.45) is 1.48. The topological polar surface area (TPSA) is 78.5 Å². The van der Waals surface area contributed by atoms with Gasteiger partial charge in [0.2, 0.25) is 11.8 Å². The van der Waals surface area contributed by atoms with Crippen LogP contribution in [0.25, 0.3) is 0 Å². The Bertz CT molecular complexity index is 917. The minimum Gasteiger partial charge on any atom is -0.347 e. The van der Waals surface area contributed by atoms with Crippen molar-refractivity contribution in [2.45, 2.75) is 33.6 Å². The Kier molecular flexibility index (Phi) is 6.87. The van der Waals surface area contributed by atoms with Crippen LogP contribution in [-0.2, 0) is 9.59 Å². The number of carbonyl (C=O) groups excluding carboxylic acids is 3. The summed E-state index contributed by atoms with van der Waals surface area (Å²) in [7, 11) is 0. The van der Waals surface area contributed by atoms with Crippen molar-refractivity contribution in [2.24, 2.45) is 5.92 Å². The second-order valence-electron chi connectivity index (χ2n) is 7.99. The average molecular weight is 408 g/mol. The fourth-order valence-electron chi connectivity index (χ4n) is 3.76. The molecule has 1 aliphatic heterocycles. The number of carbonyl (C=O) groups is 3. The molecule has 1 fully saturated rings. The molecule has 30 heavy (non-hydrogen) atoms. The second kappa shape index (κ2) is 9.57. The number of anilines is 1. The van der Waals surface area contributed by atoms with E-state index in [2.05, 4.69) is 10.6 Å². The Labute approximate surface area is 177 Å². The third-order valence-electron chi connectivity index (χ3n) is 5.55. The molecule has 0 spiro atoms. The smallest absolute Gasteiger partial charge is 0.253 e. The summed E-state index contributed by atoms with van der Waals surface area (Å²) in [4.78, 5) is 39.4. The van der Waals surface area contributed by atoms with Gasteiger partial charge in [0.05, 0.1) is 12.5 Å². The van der Waals surface area contributed by atoms with Gasteiger partial charge in [-0.15, -0.1) is 0 Å². The molecule has 2 aromatic carbocycles. The zero-order valence-corrected chi connectivity index (χ0v) is 17.8. The zero-order valence-electron chi connectivity index (χ0n) is 17.8. The van der Waals surface area contributed by atoms with Gasteiger partial charge in [0, 0.05) is 24.3 Å². The van der Waals surface area contributed by atoms with Crippen LogP contribution in [-0.4, -0.2) is 42.3 Å². The van der Waals surface area contributed by atoms with Crippen molar-refractivity contribution in [3.63, 3.8) is 0 Å². The van der Waals surface area contributed by atoms with E-state index in [9.17, 15) is 14.4 Å². The molecule has 6 nitrogen and oxygen atoms in total. The van der Waals surface area contributed by atoms with Gasteiger partial charge < -0.3 is 15.5 Å². The van der Waals surface area contributed by atoms with E-state index < -0.39 is 0 Å². The normalized spacial score (nSPS) is 16.1. The van der Waals surface area contributed by atoms with E-state index in [0.717, 1.165) is 28.8 Å². The fraction of sp³-hybridized carbons (Fsp3) is 0.375. The third kappa shape index (κ3) is 5.26. The van der Waals surface area contributed by atoms with Gasteiger partial charge >= 0.3 is 0 Å². The van der Waals surface area contributed by atoms with Gasteiger partial charge in [-0.05, 0) is 56.9 Å². The van der Waals surface area contributed by atoms with Crippen LogP contribution < -0.4 is 10.6 Å². The van der Waals surface area contributed by atoms with Crippen LogP contribution in [0.2, 0.25) is 0 Å². The summed E-state index contributed by atoms with van der Waals surface area (Å²) >= 11 is 0. The lowest BCUT2D eigenvalue weighted by atomic mass is 9.96. The molecule has 2 N–H and O–H groups in total. The molecule has 158 valence electrons. The molecule has 2 aromatic rings. The van der Waals surface area contributed by atoms with Crippen molar-refractivity contribution in [1.29, 1.82) is 0 Å². The van der Waals surface area contributed by atoms with Crippen LogP contribution in [0, 0.1) is 26.7 Å². The molecule has 0 aromatic heterocycles. The molecule has 6 heteroatoms. The molecule has 1 saturated heterocycles. The maximum absolute atomic E-state index is 12.7. The number of nitrogens with zero attached hydrogens (tertiary/aromatic N) is 1. The predicted molar refractivity (Wildman–Crippen MR) is 117 cm³/mol. The van der Waals surface area contributed by atoms with E-state index >= 15 is 0 Å². The van der Waals surface area contributed by atoms with Crippen LogP contribution in [0.3, 0.4) is 0 Å². The van der Waals surface area contributed by atoms with Crippen LogP contribution >= 0.6 is 0 Å². The third-order valence-corrected chi connectivity index (χ3v) is 5.55. The molecule has 0 bridgehead atoms. The van der Waals surface area contributed by atoms with Gasteiger partial charge in [0.15, 0.2) is 0 Å². The molecule has 1 heterocycles. The molecule has 1 unspecified atom stereocenters. The van der Waals surface area contributed by atoms with Crippen LogP contribution in [0.4, 0.5) is 5.69 Å². The summed E-state index contributed by atoms with van der Waals surface area (Å²) in [5, 5.41) is 5.60. The highest BCUT2D eigenvalue weighted by Crippen LogP contribution is 2.20. The molecule has 3 amide bonds. The Morgan fingerprint density at radius 2 is 1.67 bits per heavy atom. The number of rotatable bonds is 5. The molecule has 1 atom stereocenters. The van der Waals surface area contributed by atoms with Crippen molar-refractivity contribution in [3.05, 3.63) is 64.7 Å². The van der Waals surface area contributed by atoms with E-state index in [1.165, 1.54) is 0 Å². The van der Waals surface area contributed by atoms with E-state index in [1.807, 2.05) is 63.2 Å². The highest BCUT2D eigenvalue weighted by Gasteiger charge is 2.29. The van der Waals surface area contributed by atoms with Crippen molar-refractivity contribution >= 4 is 23.4 Å². The summed E-state index contributed by atoms with van der Waals surface area (Å²) < 4.78 is 0. The standard InChI is InChI=1S/C24H29N3O3/c1-16-9-11-19(12-10-16)24(30)27-13-5-8-20(15-27)23(29)25-14-21(28)26-22-17(2)6-4-7-18(22)3/h4,6-7,9-12,20H,5,8,13-15H2,1-3H3,(H,25,29)(H,26,28). The molecule has 1 aliphatic rings. The van der Waals surface area contributed by atoms with Crippen molar-refractivity contribution in [3.8, 4) is 0 Å². The highest BCUT2D eigenvalue weighted by atomic mass is 16.2. The largest absolute Gasteiger partial charge is 0.347 e. The first-order valence-corrected chi connectivity index (χ1v) is 10.3. The lowest BCUT2D eigenvalue weighted by molar-refractivity contribution is -0.128. The Morgan fingerprint density at radius 1 is 1.00 bits per heavy atom. The average Bonchev–Trinajstić information content (AvgIpc) is 2.75. The Morgan fingerprint density at radius 3 is 2.33 bits per heavy atom. The molecule has 0 saturated carbocycles. The van der Waals surface area contributed by atoms with E-state index in [0.29, 0.717) is 25.1 Å². The first kappa shape index (κ1) is 21.6.